The molecular formula is C21H24N4O3S2. The van der Waals surface area contributed by atoms with E-state index in [0.717, 1.165) is 34.2 Å². The summed E-state index contributed by atoms with van der Waals surface area (Å²) in [6.07, 6.45) is 0.744. The molecule has 1 atom stereocenters. The SMILES string of the molecule is CCc1c(C)sc2nc(S[C@@H](C)C(=O)NC(=O)NC)n(-c3cccc(C)c3)c(=O)c12. The molecule has 0 bridgehead atoms. The van der Waals surface area contributed by atoms with Gasteiger partial charge in [0.05, 0.1) is 16.3 Å². The van der Waals surface area contributed by atoms with Crippen molar-refractivity contribution < 1.29 is 9.59 Å². The average molecular weight is 445 g/mol. The fourth-order valence-electron chi connectivity index (χ4n) is 3.18. The van der Waals surface area contributed by atoms with Gasteiger partial charge in [-0.25, -0.2) is 9.78 Å². The molecule has 158 valence electrons. The van der Waals surface area contributed by atoms with Gasteiger partial charge in [-0.1, -0.05) is 30.8 Å². The number of thioether (sulfide) groups is 1. The second-order valence-corrected chi connectivity index (χ2v) is 9.38. The van der Waals surface area contributed by atoms with Crippen LogP contribution in [-0.2, 0) is 11.2 Å². The normalized spacial score (nSPS) is 12.0. The molecule has 7 nitrogen and oxygen atoms in total. The van der Waals surface area contributed by atoms with Crippen molar-refractivity contribution in [2.75, 3.05) is 7.05 Å². The second-order valence-electron chi connectivity index (χ2n) is 6.87. The fraction of sp³-hybridized carbons (Fsp3) is 0.333. The first-order valence-electron chi connectivity index (χ1n) is 9.58. The summed E-state index contributed by atoms with van der Waals surface area (Å²) >= 11 is 2.64. The van der Waals surface area contributed by atoms with Crippen LogP contribution in [0.1, 0.15) is 29.9 Å². The number of hydrogen-bond donors (Lipinski definition) is 2. The summed E-state index contributed by atoms with van der Waals surface area (Å²) in [7, 11) is 1.44. The number of aryl methyl sites for hydroxylation is 3. The van der Waals surface area contributed by atoms with Crippen LogP contribution in [0.2, 0.25) is 0 Å². The van der Waals surface area contributed by atoms with E-state index in [0.29, 0.717) is 21.1 Å². The number of carbonyl (C=O) groups is 2. The van der Waals surface area contributed by atoms with Crippen molar-refractivity contribution in [3.63, 3.8) is 0 Å². The molecule has 2 heterocycles. The zero-order valence-electron chi connectivity index (χ0n) is 17.5. The van der Waals surface area contributed by atoms with Crippen LogP contribution in [0.25, 0.3) is 15.9 Å². The summed E-state index contributed by atoms with van der Waals surface area (Å²) < 4.78 is 1.56. The van der Waals surface area contributed by atoms with Crippen LogP contribution in [0.5, 0.6) is 0 Å². The number of nitrogens with zero attached hydrogens (tertiary/aromatic N) is 2. The van der Waals surface area contributed by atoms with Crippen LogP contribution >= 0.6 is 23.1 Å². The Morgan fingerprint density at radius 2 is 2.03 bits per heavy atom. The van der Waals surface area contributed by atoms with Gasteiger partial charge in [0.2, 0.25) is 5.91 Å². The number of nitrogens with one attached hydrogen (secondary N) is 2. The monoisotopic (exact) mass is 444 g/mol. The number of amides is 3. The molecule has 0 fully saturated rings. The van der Waals surface area contributed by atoms with Crippen molar-refractivity contribution in [1.82, 2.24) is 20.2 Å². The minimum Gasteiger partial charge on any atom is -0.341 e. The van der Waals surface area contributed by atoms with E-state index in [4.69, 9.17) is 4.98 Å². The molecule has 0 saturated heterocycles. The highest BCUT2D eigenvalue weighted by molar-refractivity contribution is 8.00. The largest absolute Gasteiger partial charge is 0.341 e. The smallest absolute Gasteiger partial charge is 0.321 e. The van der Waals surface area contributed by atoms with E-state index in [1.165, 1.54) is 18.4 Å². The lowest BCUT2D eigenvalue weighted by Gasteiger charge is -2.16. The summed E-state index contributed by atoms with van der Waals surface area (Å²) in [6.45, 7) is 7.66. The van der Waals surface area contributed by atoms with E-state index in [9.17, 15) is 14.4 Å². The molecule has 0 aliphatic rings. The van der Waals surface area contributed by atoms with E-state index in [-0.39, 0.29) is 5.56 Å². The molecule has 1 aromatic carbocycles. The Labute approximate surface area is 182 Å². The maximum atomic E-state index is 13.6. The summed E-state index contributed by atoms with van der Waals surface area (Å²) in [5.74, 6) is -0.457. The Morgan fingerprint density at radius 3 is 2.67 bits per heavy atom. The lowest BCUT2D eigenvalue weighted by atomic mass is 10.1. The van der Waals surface area contributed by atoms with Gasteiger partial charge in [0.1, 0.15) is 4.83 Å². The van der Waals surface area contributed by atoms with Crippen molar-refractivity contribution in [3.05, 3.63) is 50.6 Å². The van der Waals surface area contributed by atoms with Crippen molar-refractivity contribution in [2.24, 2.45) is 0 Å². The molecule has 0 spiro atoms. The van der Waals surface area contributed by atoms with Crippen molar-refractivity contribution in [1.29, 1.82) is 0 Å². The number of imide groups is 1. The summed E-state index contributed by atoms with van der Waals surface area (Å²) in [4.78, 5) is 43.9. The van der Waals surface area contributed by atoms with Gasteiger partial charge >= 0.3 is 6.03 Å². The van der Waals surface area contributed by atoms with Crippen molar-refractivity contribution >= 4 is 45.3 Å². The minimum absolute atomic E-state index is 0.145. The zero-order valence-corrected chi connectivity index (χ0v) is 19.2. The van der Waals surface area contributed by atoms with Gasteiger partial charge in [-0.3, -0.25) is 19.5 Å². The quantitative estimate of drug-likeness (QED) is 0.464. The van der Waals surface area contributed by atoms with Gasteiger partial charge in [0.25, 0.3) is 5.56 Å². The third-order valence-corrected chi connectivity index (χ3v) is 6.82. The summed E-state index contributed by atoms with van der Waals surface area (Å²) in [5.41, 5.74) is 2.57. The number of carbonyl (C=O) groups excluding carboxylic acids is 2. The first kappa shape index (κ1) is 22.0. The predicted octanol–water partition coefficient (Wildman–Crippen LogP) is 3.56. The topological polar surface area (TPSA) is 93.1 Å². The molecule has 3 aromatic rings. The number of fused-ring (bicyclic) bond motifs is 1. The van der Waals surface area contributed by atoms with Crippen molar-refractivity contribution in [2.45, 2.75) is 44.5 Å². The number of hydrogen-bond acceptors (Lipinski definition) is 6. The summed E-state index contributed by atoms with van der Waals surface area (Å²) in [6, 6.07) is 7.04. The Balaban J connectivity index is 2.17. The zero-order chi connectivity index (χ0) is 22.0. The van der Waals surface area contributed by atoms with Gasteiger partial charge in [-0.2, -0.15) is 0 Å². The molecule has 2 aromatic heterocycles. The van der Waals surface area contributed by atoms with E-state index in [2.05, 4.69) is 10.6 Å². The molecule has 3 rings (SSSR count). The van der Waals surface area contributed by atoms with Crippen LogP contribution in [0.15, 0.2) is 34.2 Å². The van der Waals surface area contributed by atoms with E-state index in [1.807, 2.05) is 45.0 Å². The molecule has 9 heteroatoms. The van der Waals surface area contributed by atoms with Crippen LogP contribution in [0, 0.1) is 13.8 Å². The first-order valence-corrected chi connectivity index (χ1v) is 11.3. The third kappa shape index (κ3) is 4.27. The Morgan fingerprint density at radius 1 is 1.30 bits per heavy atom. The average Bonchev–Trinajstić information content (AvgIpc) is 3.03. The van der Waals surface area contributed by atoms with Crippen LogP contribution in [0.4, 0.5) is 4.79 Å². The van der Waals surface area contributed by atoms with E-state index in [1.54, 1.807) is 11.5 Å². The van der Waals surface area contributed by atoms with Gasteiger partial charge < -0.3 is 5.32 Å². The van der Waals surface area contributed by atoms with Gasteiger partial charge in [0.15, 0.2) is 5.16 Å². The molecular weight excluding hydrogens is 420 g/mol. The molecule has 0 saturated carbocycles. The van der Waals surface area contributed by atoms with Crippen LogP contribution < -0.4 is 16.2 Å². The molecule has 30 heavy (non-hydrogen) atoms. The molecule has 0 aliphatic heterocycles. The molecule has 0 unspecified atom stereocenters. The highest BCUT2D eigenvalue weighted by Gasteiger charge is 2.23. The first-order chi connectivity index (χ1) is 14.3. The van der Waals surface area contributed by atoms with E-state index >= 15 is 0 Å². The van der Waals surface area contributed by atoms with Crippen molar-refractivity contribution in [3.8, 4) is 5.69 Å². The number of urea groups is 1. The summed E-state index contributed by atoms with van der Waals surface area (Å²) in [5, 5.41) is 5.05. The minimum atomic E-state index is -0.630. The standard InChI is InChI=1S/C21H24N4O3S2/c1-6-15-12(3)29-18-16(15)19(27)25(14-9-7-8-11(2)10-14)21(24-18)30-13(4)17(26)23-20(28)22-5/h7-10,13H,6H2,1-5H3,(H2,22,23,26,28)/t13-/m0/s1. The highest BCUT2D eigenvalue weighted by Crippen LogP contribution is 2.31. The number of aromatic nitrogens is 2. The lowest BCUT2D eigenvalue weighted by molar-refractivity contribution is -0.119. The Bertz CT molecular complexity index is 1180. The van der Waals surface area contributed by atoms with Crippen LogP contribution in [0.3, 0.4) is 0 Å². The Kier molecular flexibility index (Phi) is 6.62. The fourth-order valence-corrected chi connectivity index (χ4v) is 5.27. The third-order valence-electron chi connectivity index (χ3n) is 4.72. The maximum absolute atomic E-state index is 13.6. The maximum Gasteiger partial charge on any atom is 0.321 e. The highest BCUT2D eigenvalue weighted by atomic mass is 32.2. The van der Waals surface area contributed by atoms with Crippen LogP contribution in [-0.4, -0.2) is 33.8 Å². The van der Waals surface area contributed by atoms with E-state index < -0.39 is 17.2 Å². The lowest BCUT2D eigenvalue weighted by Crippen LogP contribution is -2.41. The molecule has 3 amide bonds. The van der Waals surface area contributed by atoms with Gasteiger partial charge in [0, 0.05) is 11.9 Å². The van der Waals surface area contributed by atoms with Gasteiger partial charge in [-0.05, 0) is 50.5 Å². The molecule has 2 N–H and O–H groups in total. The molecule has 0 aliphatic carbocycles. The number of thiophene rings is 1. The molecule has 0 radical (unpaired) electrons. The second kappa shape index (κ2) is 9.01. The van der Waals surface area contributed by atoms with Gasteiger partial charge in [-0.15, -0.1) is 11.3 Å². The Hall–Kier alpha value is -2.65. The predicted molar refractivity (Wildman–Crippen MR) is 122 cm³/mol. The number of benzene rings is 1. The number of rotatable bonds is 5.